The van der Waals surface area contributed by atoms with E-state index in [1.807, 2.05) is 13.8 Å². The van der Waals surface area contributed by atoms with Crippen molar-refractivity contribution in [2.75, 3.05) is 11.9 Å². The summed E-state index contributed by atoms with van der Waals surface area (Å²) in [6.45, 7) is 5.74. The molecular formula is C18H21ClN4O4. The molecule has 1 aromatic heterocycles. The number of aliphatic hydroxyl groups excluding tert-OH is 1. The van der Waals surface area contributed by atoms with Crippen molar-refractivity contribution >= 4 is 29.4 Å². The van der Waals surface area contributed by atoms with E-state index in [1.165, 1.54) is 0 Å². The first-order valence-corrected chi connectivity index (χ1v) is 8.95. The first-order chi connectivity index (χ1) is 12.8. The number of benzene rings is 1. The number of anilines is 1. The average molecular weight is 393 g/mol. The molecule has 1 aliphatic rings. The minimum Gasteiger partial charge on any atom is -0.448 e. The molecule has 0 spiro atoms. The van der Waals surface area contributed by atoms with E-state index >= 15 is 0 Å². The number of alkyl halides is 1. The summed E-state index contributed by atoms with van der Waals surface area (Å²) < 4.78 is 6.11. The van der Waals surface area contributed by atoms with Gasteiger partial charge in [-0.15, -0.1) is 4.68 Å². The SMILES string of the molecule is CCOC(=O)n1nc2c(c1NC(=O)c1ccccc1)CN(C(O)Cl)C2(C)C. The number of aliphatic hydroxyl groups is 1. The highest BCUT2D eigenvalue weighted by atomic mass is 35.5. The van der Waals surface area contributed by atoms with Crippen LogP contribution in [0.3, 0.4) is 0 Å². The highest BCUT2D eigenvalue weighted by Gasteiger charge is 2.46. The van der Waals surface area contributed by atoms with Gasteiger partial charge < -0.3 is 15.2 Å². The summed E-state index contributed by atoms with van der Waals surface area (Å²) in [5, 5.41) is 17.0. The highest BCUT2D eigenvalue weighted by molar-refractivity contribution is 6.19. The number of carbonyl (C=O) groups is 2. The summed E-state index contributed by atoms with van der Waals surface area (Å²) in [5.74, 6) is -0.170. The van der Waals surface area contributed by atoms with E-state index in [1.54, 1.807) is 42.2 Å². The summed E-state index contributed by atoms with van der Waals surface area (Å²) in [6.07, 6.45) is -0.691. The third kappa shape index (κ3) is 3.43. The number of rotatable bonds is 4. The smallest absolute Gasteiger partial charge is 0.436 e. The van der Waals surface area contributed by atoms with Crippen molar-refractivity contribution in [2.45, 2.75) is 38.5 Å². The van der Waals surface area contributed by atoms with Crippen molar-refractivity contribution in [1.82, 2.24) is 14.7 Å². The van der Waals surface area contributed by atoms with E-state index in [0.29, 0.717) is 16.8 Å². The molecule has 0 radical (unpaired) electrons. The van der Waals surface area contributed by atoms with Crippen LogP contribution in [0.5, 0.6) is 0 Å². The lowest BCUT2D eigenvalue weighted by molar-refractivity contribution is -0.00246. The van der Waals surface area contributed by atoms with Crippen molar-refractivity contribution in [3.63, 3.8) is 0 Å². The van der Waals surface area contributed by atoms with Gasteiger partial charge in [-0.05, 0) is 32.9 Å². The molecule has 0 fully saturated rings. The number of hydrogen-bond acceptors (Lipinski definition) is 6. The molecular weight excluding hydrogens is 372 g/mol. The number of nitrogens with one attached hydrogen (secondary N) is 1. The molecule has 1 aromatic carbocycles. The van der Waals surface area contributed by atoms with Crippen molar-refractivity contribution in [3.05, 3.63) is 47.2 Å². The van der Waals surface area contributed by atoms with Crippen molar-refractivity contribution in [2.24, 2.45) is 0 Å². The minimum absolute atomic E-state index is 0.172. The Kier molecular flexibility index (Phi) is 5.23. The summed E-state index contributed by atoms with van der Waals surface area (Å²) in [7, 11) is 0. The number of aromatic nitrogens is 2. The van der Waals surface area contributed by atoms with Crippen LogP contribution in [0.15, 0.2) is 30.3 Å². The van der Waals surface area contributed by atoms with Crippen molar-refractivity contribution < 1.29 is 19.4 Å². The summed E-state index contributed by atoms with van der Waals surface area (Å²) in [5.41, 5.74) is -0.381. The van der Waals surface area contributed by atoms with Gasteiger partial charge in [0, 0.05) is 17.7 Å². The van der Waals surface area contributed by atoms with Crippen molar-refractivity contribution in [1.29, 1.82) is 0 Å². The first kappa shape index (κ1) is 19.3. The molecule has 144 valence electrons. The predicted molar refractivity (Wildman–Crippen MR) is 99.5 cm³/mol. The fourth-order valence-corrected chi connectivity index (χ4v) is 3.46. The number of hydrogen-bond donors (Lipinski definition) is 2. The molecule has 9 heteroatoms. The second kappa shape index (κ2) is 7.30. The van der Waals surface area contributed by atoms with Gasteiger partial charge in [-0.25, -0.2) is 4.79 Å². The number of amides is 1. The van der Waals surface area contributed by atoms with Crippen molar-refractivity contribution in [3.8, 4) is 0 Å². The molecule has 8 nitrogen and oxygen atoms in total. The molecule has 0 saturated carbocycles. The van der Waals surface area contributed by atoms with Crippen LogP contribution < -0.4 is 5.32 Å². The Morgan fingerprint density at radius 3 is 2.63 bits per heavy atom. The average Bonchev–Trinajstić information content (AvgIpc) is 3.11. The molecule has 0 bridgehead atoms. The van der Waals surface area contributed by atoms with Crippen LogP contribution in [-0.4, -0.2) is 44.1 Å². The van der Waals surface area contributed by atoms with E-state index in [0.717, 1.165) is 4.68 Å². The summed E-state index contributed by atoms with van der Waals surface area (Å²) in [6, 6.07) is 8.63. The highest BCUT2D eigenvalue weighted by Crippen LogP contribution is 2.43. The van der Waals surface area contributed by atoms with E-state index < -0.39 is 17.3 Å². The molecule has 1 aliphatic heterocycles. The molecule has 0 aliphatic carbocycles. The van der Waals surface area contributed by atoms with E-state index in [2.05, 4.69) is 10.4 Å². The zero-order valence-electron chi connectivity index (χ0n) is 15.3. The second-order valence-corrected chi connectivity index (χ2v) is 6.99. The third-order valence-corrected chi connectivity index (χ3v) is 4.81. The molecule has 1 unspecified atom stereocenters. The van der Waals surface area contributed by atoms with E-state index in [9.17, 15) is 14.7 Å². The lowest BCUT2D eigenvalue weighted by atomic mass is 10.0. The standard InChI is InChI=1S/C18H21ClN4O4/c1-4-27-17(26)23-14(20-15(24)11-8-6-5-7-9-11)12-10-22(16(19)25)18(2,3)13(12)21-23/h5-9,16,25H,4,10H2,1-3H3,(H,20,24). The number of ether oxygens (including phenoxy) is 1. The molecule has 1 atom stereocenters. The Bertz CT molecular complexity index is 864. The first-order valence-electron chi connectivity index (χ1n) is 8.52. The van der Waals surface area contributed by atoms with Crippen LogP contribution in [-0.2, 0) is 16.8 Å². The van der Waals surface area contributed by atoms with Crippen LogP contribution in [0, 0.1) is 0 Å². The van der Waals surface area contributed by atoms with Crippen LogP contribution in [0.4, 0.5) is 10.6 Å². The van der Waals surface area contributed by atoms with Gasteiger partial charge in [0.2, 0.25) is 0 Å². The fraction of sp³-hybridized carbons (Fsp3) is 0.389. The largest absolute Gasteiger partial charge is 0.448 e. The Hall–Kier alpha value is -2.42. The molecule has 2 N–H and O–H groups in total. The van der Waals surface area contributed by atoms with Crippen LogP contribution in [0.25, 0.3) is 0 Å². The lowest BCUT2D eigenvalue weighted by Crippen LogP contribution is -2.41. The Morgan fingerprint density at radius 2 is 2.04 bits per heavy atom. The maximum absolute atomic E-state index is 12.6. The van der Waals surface area contributed by atoms with E-state index in [4.69, 9.17) is 16.3 Å². The number of halogens is 1. The lowest BCUT2D eigenvalue weighted by Gasteiger charge is -2.32. The topological polar surface area (TPSA) is 96.7 Å². The van der Waals surface area contributed by atoms with Gasteiger partial charge >= 0.3 is 6.09 Å². The predicted octanol–water partition coefficient (Wildman–Crippen LogP) is 2.71. The fourth-order valence-electron chi connectivity index (χ4n) is 3.15. The quantitative estimate of drug-likeness (QED) is 0.613. The normalized spacial score (nSPS) is 16.6. The maximum Gasteiger partial charge on any atom is 0.436 e. The number of carbonyl (C=O) groups excluding carboxylic acids is 2. The van der Waals surface area contributed by atoms with Crippen LogP contribution in [0.1, 0.15) is 42.4 Å². The van der Waals surface area contributed by atoms with Gasteiger partial charge in [0.25, 0.3) is 5.91 Å². The van der Waals surface area contributed by atoms with Crippen LogP contribution >= 0.6 is 11.6 Å². The molecule has 1 amide bonds. The van der Waals surface area contributed by atoms with Gasteiger partial charge in [-0.2, -0.15) is 5.10 Å². The van der Waals surface area contributed by atoms with E-state index in [-0.39, 0.29) is 24.9 Å². The number of nitrogens with zero attached hydrogens (tertiary/aromatic N) is 3. The second-order valence-electron chi connectivity index (χ2n) is 6.60. The third-order valence-electron chi connectivity index (χ3n) is 4.58. The molecule has 2 heterocycles. The summed E-state index contributed by atoms with van der Waals surface area (Å²) >= 11 is 5.89. The molecule has 3 rings (SSSR count). The zero-order valence-corrected chi connectivity index (χ0v) is 16.0. The van der Waals surface area contributed by atoms with Gasteiger partial charge in [0.05, 0.1) is 17.8 Å². The Labute approximate surface area is 161 Å². The zero-order chi connectivity index (χ0) is 19.8. The maximum atomic E-state index is 12.6. The monoisotopic (exact) mass is 392 g/mol. The molecule has 0 saturated heterocycles. The van der Waals surface area contributed by atoms with Crippen LogP contribution in [0.2, 0.25) is 0 Å². The Balaban J connectivity index is 2.04. The van der Waals surface area contributed by atoms with Gasteiger partial charge in [0.1, 0.15) is 5.82 Å². The van der Waals surface area contributed by atoms with Gasteiger partial charge in [0.15, 0.2) is 5.69 Å². The van der Waals surface area contributed by atoms with Gasteiger partial charge in [-0.3, -0.25) is 9.69 Å². The Morgan fingerprint density at radius 1 is 1.37 bits per heavy atom. The van der Waals surface area contributed by atoms with Gasteiger partial charge in [-0.1, -0.05) is 29.8 Å². The minimum atomic E-state index is -1.23. The number of fused-ring (bicyclic) bond motifs is 1. The molecule has 27 heavy (non-hydrogen) atoms. The summed E-state index contributed by atoms with van der Waals surface area (Å²) in [4.78, 5) is 26.6. The molecule has 2 aromatic rings.